The molecule has 1 heteroatoms. The van der Waals surface area contributed by atoms with Crippen LogP contribution in [0.15, 0.2) is 42.7 Å². The van der Waals surface area contributed by atoms with Crippen molar-refractivity contribution < 1.29 is 4.57 Å². The molecule has 2 rings (SSSR count). The van der Waals surface area contributed by atoms with E-state index < -0.39 is 0 Å². The van der Waals surface area contributed by atoms with Crippen LogP contribution < -0.4 is 4.57 Å². The highest BCUT2D eigenvalue weighted by molar-refractivity contribution is 5.43. The van der Waals surface area contributed by atoms with Gasteiger partial charge in [0.15, 0.2) is 12.4 Å². The number of rotatable bonds is 1. The van der Waals surface area contributed by atoms with E-state index in [1.165, 1.54) is 22.4 Å². The fourth-order valence-electron chi connectivity index (χ4n) is 2.13. The lowest BCUT2D eigenvalue weighted by molar-refractivity contribution is -0.596. The van der Waals surface area contributed by atoms with E-state index in [1.54, 1.807) is 0 Å². The zero-order chi connectivity index (χ0) is 10.8. The van der Waals surface area contributed by atoms with Gasteiger partial charge >= 0.3 is 0 Å². The third kappa shape index (κ3) is 1.91. The van der Waals surface area contributed by atoms with Crippen molar-refractivity contribution in [1.82, 2.24) is 0 Å². The average molecular weight is 198 g/mol. The van der Waals surface area contributed by atoms with Crippen molar-refractivity contribution in [3.63, 3.8) is 0 Å². The summed E-state index contributed by atoms with van der Waals surface area (Å²) < 4.78 is 2.17. The Hall–Kier alpha value is -1.63. The maximum absolute atomic E-state index is 2.22. The lowest BCUT2D eigenvalue weighted by Crippen LogP contribution is -2.31. The maximum atomic E-state index is 2.22. The summed E-state index contributed by atoms with van der Waals surface area (Å²) in [5.74, 6) is 0. The van der Waals surface area contributed by atoms with Gasteiger partial charge in [0, 0.05) is 23.3 Å². The number of pyridine rings is 1. The van der Waals surface area contributed by atoms with E-state index in [2.05, 4.69) is 62.0 Å². The summed E-state index contributed by atoms with van der Waals surface area (Å²) >= 11 is 0. The topological polar surface area (TPSA) is 3.88 Å². The van der Waals surface area contributed by atoms with E-state index in [0.717, 1.165) is 0 Å². The molecule has 0 saturated carbocycles. The minimum absolute atomic E-state index is 1.29. The summed E-state index contributed by atoms with van der Waals surface area (Å²) in [4.78, 5) is 0. The number of aromatic nitrogens is 1. The number of benzene rings is 1. The Balaban J connectivity index is 2.64. The lowest BCUT2D eigenvalue weighted by Gasteiger charge is -2.05. The van der Waals surface area contributed by atoms with E-state index in [-0.39, 0.29) is 0 Å². The zero-order valence-corrected chi connectivity index (χ0v) is 9.49. The van der Waals surface area contributed by atoms with E-state index in [0.29, 0.717) is 0 Å². The minimum atomic E-state index is 1.29. The Kier molecular flexibility index (Phi) is 2.55. The van der Waals surface area contributed by atoms with Crippen molar-refractivity contribution in [2.75, 3.05) is 0 Å². The van der Waals surface area contributed by atoms with E-state index in [9.17, 15) is 0 Å². The van der Waals surface area contributed by atoms with Crippen LogP contribution in [0.3, 0.4) is 0 Å². The highest BCUT2D eigenvalue weighted by atomic mass is 14.9. The van der Waals surface area contributed by atoms with Crippen molar-refractivity contribution in [3.8, 4) is 5.69 Å². The molecule has 0 unspecified atom stereocenters. The predicted octanol–water partition coefficient (Wildman–Crippen LogP) is 2.89. The van der Waals surface area contributed by atoms with Gasteiger partial charge in [0.05, 0.1) is 0 Å². The molecule has 1 nitrogen and oxygen atoms in total. The summed E-state index contributed by atoms with van der Waals surface area (Å²) in [5.41, 5.74) is 5.26. The predicted molar refractivity (Wildman–Crippen MR) is 62.2 cm³/mol. The van der Waals surface area contributed by atoms with Gasteiger partial charge in [-0.2, -0.15) is 4.57 Å². The molecule has 15 heavy (non-hydrogen) atoms. The first kappa shape index (κ1) is 9.91. The van der Waals surface area contributed by atoms with Crippen molar-refractivity contribution in [2.45, 2.75) is 20.8 Å². The van der Waals surface area contributed by atoms with Gasteiger partial charge in [0.2, 0.25) is 5.69 Å². The normalized spacial score (nSPS) is 10.3. The van der Waals surface area contributed by atoms with E-state index in [1.807, 2.05) is 6.07 Å². The van der Waals surface area contributed by atoms with E-state index in [4.69, 9.17) is 0 Å². The van der Waals surface area contributed by atoms with Crippen LogP contribution in [-0.4, -0.2) is 0 Å². The molecule has 0 radical (unpaired) electrons. The molecule has 0 saturated heterocycles. The fourth-order valence-corrected chi connectivity index (χ4v) is 2.13. The monoisotopic (exact) mass is 198 g/mol. The van der Waals surface area contributed by atoms with Gasteiger partial charge in [-0.05, 0) is 32.9 Å². The Morgan fingerprint density at radius 2 is 1.33 bits per heavy atom. The molecule has 0 bridgehead atoms. The molecule has 2 aromatic rings. The van der Waals surface area contributed by atoms with Crippen molar-refractivity contribution >= 4 is 0 Å². The van der Waals surface area contributed by atoms with Gasteiger partial charge in [-0.25, -0.2) is 0 Å². The summed E-state index contributed by atoms with van der Waals surface area (Å²) in [6.45, 7) is 6.46. The third-order valence-electron chi connectivity index (χ3n) is 2.61. The summed E-state index contributed by atoms with van der Waals surface area (Å²) in [6.07, 6.45) is 4.18. The molecule has 0 atom stereocenters. The van der Waals surface area contributed by atoms with Crippen molar-refractivity contribution in [1.29, 1.82) is 0 Å². The second kappa shape index (κ2) is 3.85. The van der Waals surface area contributed by atoms with Crippen molar-refractivity contribution in [2.24, 2.45) is 0 Å². The smallest absolute Gasteiger partial charge is 0.167 e. The first-order chi connectivity index (χ1) is 7.18. The number of hydrogen-bond acceptors (Lipinski definition) is 0. The fraction of sp³-hybridized carbons (Fsp3) is 0.214. The molecule has 1 heterocycles. The molecular weight excluding hydrogens is 182 g/mol. The number of nitrogens with zero attached hydrogens (tertiary/aromatic N) is 1. The molecule has 0 amide bonds. The van der Waals surface area contributed by atoms with Gasteiger partial charge in [-0.3, -0.25) is 0 Å². The highest BCUT2D eigenvalue weighted by Gasteiger charge is 2.12. The Bertz CT molecular complexity index is 449. The molecule has 1 aromatic heterocycles. The average Bonchev–Trinajstić information content (AvgIpc) is 2.17. The van der Waals surface area contributed by atoms with Gasteiger partial charge in [-0.1, -0.05) is 11.6 Å². The first-order valence-corrected chi connectivity index (χ1v) is 5.23. The number of aryl methyl sites for hydroxylation is 3. The largest absolute Gasteiger partial charge is 0.216 e. The molecule has 0 fully saturated rings. The molecular formula is C14H16N+. The molecule has 0 N–H and O–H groups in total. The molecule has 76 valence electrons. The lowest BCUT2D eigenvalue weighted by atomic mass is 10.0. The van der Waals surface area contributed by atoms with Crippen molar-refractivity contribution in [3.05, 3.63) is 59.4 Å². The first-order valence-electron chi connectivity index (χ1n) is 5.23. The second-order valence-electron chi connectivity index (χ2n) is 4.03. The van der Waals surface area contributed by atoms with E-state index >= 15 is 0 Å². The minimum Gasteiger partial charge on any atom is -0.167 e. The van der Waals surface area contributed by atoms with Crippen LogP contribution in [0.1, 0.15) is 16.7 Å². The van der Waals surface area contributed by atoms with Crippen LogP contribution in [0.2, 0.25) is 0 Å². The van der Waals surface area contributed by atoms with Crippen LogP contribution in [-0.2, 0) is 0 Å². The van der Waals surface area contributed by atoms with Gasteiger partial charge in [-0.15, -0.1) is 0 Å². The van der Waals surface area contributed by atoms with Gasteiger partial charge < -0.3 is 0 Å². The standard InChI is InChI=1S/C14H16N/c1-11-9-12(2)14(13(3)10-11)15-7-5-4-6-8-15/h4-10H,1-3H3/q+1. The van der Waals surface area contributed by atoms with Gasteiger partial charge in [0.1, 0.15) is 0 Å². The van der Waals surface area contributed by atoms with Crippen LogP contribution in [0, 0.1) is 20.8 Å². The highest BCUT2D eigenvalue weighted by Crippen LogP contribution is 2.15. The van der Waals surface area contributed by atoms with Crippen LogP contribution in [0.25, 0.3) is 5.69 Å². The molecule has 0 spiro atoms. The quantitative estimate of drug-likeness (QED) is 0.620. The molecule has 0 aliphatic carbocycles. The Morgan fingerprint density at radius 1 is 0.800 bits per heavy atom. The second-order valence-corrected chi connectivity index (χ2v) is 4.03. The SMILES string of the molecule is Cc1cc(C)c(-[n+]2ccccc2)c(C)c1. The molecule has 1 aromatic carbocycles. The Labute approximate surface area is 91.0 Å². The van der Waals surface area contributed by atoms with Crippen LogP contribution in [0.5, 0.6) is 0 Å². The summed E-state index contributed by atoms with van der Waals surface area (Å²) in [6, 6.07) is 10.6. The van der Waals surface area contributed by atoms with Crippen LogP contribution in [0.4, 0.5) is 0 Å². The van der Waals surface area contributed by atoms with Gasteiger partial charge in [0.25, 0.3) is 0 Å². The summed E-state index contributed by atoms with van der Waals surface area (Å²) in [7, 11) is 0. The Morgan fingerprint density at radius 3 is 1.87 bits per heavy atom. The third-order valence-corrected chi connectivity index (χ3v) is 2.61. The zero-order valence-electron chi connectivity index (χ0n) is 9.49. The maximum Gasteiger partial charge on any atom is 0.216 e. The summed E-state index contributed by atoms with van der Waals surface area (Å²) in [5, 5.41) is 0. The van der Waals surface area contributed by atoms with Crippen LogP contribution >= 0.6 is 0 Å². The number of hydrogen-bond donors (Lipinski definition) is 0. The molecule has 0 aliphatic rings. The molecule has 0 aliphatic heterocycles.